The molecule has 2 nitrogen and oxygen atoms in total. The van der Waals surface area contributed by atoms with E-state index in [-0.39, 0.29) is 17.5 Å². The third-order valence-corrected chi connectivity index (χ3v) is 12.5. The number of rotatable bonds is 16. The molecule has 0 aliphatic carbocycles. The van der Waals surface area contributed by atoms with E-state index < -0.39 is 14.9 Å². The third kappa shape index (κ3) is 8.91. The van der Waals surface area contributed by atoms with E-state index in [1.54, 1.807) is 0 Å². The van der Waals surface area contributed by atoms with E-state index in [0.29, 0.717) is 6.42 Å². The summed E-state index contributed by atoms with van der Waals surface area (Å²) in [6, 6.07) is 32.1. The summed E-state index contributed by atoms with van der Waals surface area (Å²) in [6.07, 6.45) is 8.83. The van der Waals surface area contributed by atoms with E-state index in [0.717, 1.165) is 31.8 Å². The molecule has 0 saturated heterocycles. The van der Waals surface area contributed by atoms with Gasteiger partial charge in [0.05, 0.1) is 18.9 Å². The number of benzene rings is 3. The van der Waals surface area contributed by atoms with Crippen LogP contribution in [0.1, 0.15) is 58.3 Å². The van der Waals surface area contributed by atoms with Gasteiger partial charge in [0.25, 0.3) is 0 Å². The Morgan fingerprint density at radius 1 is 0.667 bits per heavy atom. The van der Waals surface area contributed by atoms with Gasteiger partial charge >= 0.3 is 7.68 Å². The first kappa shape index (κ1) is 30.4. The van der Waals surface area contributed by atoms with Crippen molar-refractivity contribution in [3.05, 3.63) is 91.0 Å². The van der Waals surface area contributed by atoms with E-state index in [2.05, 4.69) is 97.9 Å². The minimum absolute atomic E-state index is 0. The largest absolute Gasteiger partial charge is 1.00 e. The fourth-order valence-corrected chi connectivity index (χ4v) is 10.2. The van der Waals surface area contributed by atoms with Gasteiger partial charge in [-0.1, -0.05) is 93.6 Å². The second-order valence-electron chi connectivity index (χ2n) is 9.16. The van der Waals surface area contributed by atoms with Crippen molar-refractivity contribution in [1.29, 1.82) is 0 Å². The SMILES string of the molecule is CCCCCCCCOP(=O)(F)CCCC[P+](c1ccccc1)(c1ccccc1)c1ccccc1.[F-]. The van der Waals surface area contributed by atoms with Gasteiger partial charge in [-0.3, -0.25) is 4.57 Å². The van der Waals surface area contributed by atoms with Gasteiger partial charge in [0.2, 0.25) is 0 Å². The molecule has 1 atom stereocenters. The molecular formula is C30H40F2O2P2. The number of hydrogen-bond donors (Lipinski definition) is 0. The third-order valence-electron chi connectivity index (χ3n) is 6.54. The Balaban J connectivity index is 0.00000456. The fourth-order valence-electron chi connectivity index (χ4n) is 4.68. The molecule has 0 spiro atoms. The molecule has 0 heterocycles. The lowest BCUT2D eigenvalue weighted by Crippen LogP contribution is -3.00. The number of halogens is 2. The molecule has 196 valence electrons. The molecule has 0 aliphatic heterocycles. The molecule has 0 amide bonds. The van der Waals surface area contributed by atoms with Crippen molar-refractivity contribution in [2.75, 3.05) is 18.9 Å². The molecular weight excluding hydrogens is 492 g/mol. The summed E-state index contributed by atoms with van der Waals surface area (Å²) in [4.78, 5) is 0. The van der Waals surface area contributed by atoms with Crippen LogP contribution in [0, 0.1) is 0 Å². The summed E-state index contributed by atoms with van der Waals surface area (Å²) >= 11 is 0. The van der Waals surface area contributed by atoms with Crippen molar-refractivity contribution < 1.29 is 18.0 Å². The summed E-state index contributed by atoms with van der Waals surface area (Å²) < 4.78 is 32.3. The maximum atomic E-state index is 14.7. The van der Waals surface area contributed by atoms with Crippen molar-refractivity contribution in [3.63, 3.8) is 0 Å². The van der Waals surface area contributed by atoms with Gasteiger partial charge in [-0.15, -0.1) is 0 Å². The molecule has 3 aromatic rings. The summed E-state index contributed by atoms with van der Waals surface area (Å²) in [5.41, 5.74) is 0. The molecule has 0 aliphatic rings. The smallest absolute Gasteiger partial charge is 0.367 e. The first-order chi connectivity index (χ1) is 17.1. The number of unbranched alkanes of at least 4 members (excludes halogenated alkanes) is 6. The second kappa shape index (κ2) is 16.1. The highest BCUT2D eigenvalue weighted by molar-refractivity contribution is 7.95. The minimum atomic E-state index is -4.04. The zero-order valence-corrected chi connectivity index (χ0v) is 23.2. The molecule has 0 N–H and O–H groups in total. The Kier molecular flexibility index (Phi) is 13.6. The average molecular weight is 533 g/mol. The highest BCUT2D eigenvalue weighted by Crippen LogP contribution is 2.56. The molecule has 0 fully saturated rings. The van der Waals surface area contributed by atoms with Gasteiger partial charge in [0.15, 0.2) is 0 Å². The van der Waals surface area contributed by atoms with E-state index in [4.69, 9.17) is 4.52 Å². The van der Waals surface area contributed by atoms with Gasteiger partial charge in [-0.2, -0.15) is 4.20 Å². The quantitative estimate of drug-likeness (QED) is 0.185. The Labute approximate surface area is 217 Å². The lowest BCUT2D eigenvalue weighted by molar-refractivity contribution is -0.0000111. The lowest BCUT2D eigenvalue weighted by atomic mass is 10.1. The molecule has 3 rings (SSSR count). The van der Waals surface area contributed by atoms with Gasteiger partial charge < -0.3 is 9.23 Å². The Morgan fingerprint density at radius 2 is 1.11 bits per heavy atom. The summed E-state index contributed by atoms with van der Waals surface area (Å²) in [5, 5.41) is 3.96. The normalized spacial score (nSPS) is 13.1. The monoisotopic (exact) mass is 532 g/mol. The standard InChI is InChI=1S/C30H40FO2P2.FH/c1-2-3-4-5-6-16-25-33-35(31,32)27-18-17-26-34(28-19-10-7-11-20-28,29-21-12-8-13-22-29)30-23-14-9-15-24-30;/h7-15,19-24H,2-6,16-18,25-27H2,1H3;1H/q+1;/p-1. The molecule has 36 heavy (non-hydrogen) atoms. The Bertz CT molecular complexity index is 920. The first-order valence-corrected chi connectivity index (χ1v) is 16.7. The van der Waals surface area contributed by atoms with Crippen molar-refractivity contribution in [2.24, 2.45) is 0 Å². The maximum Gasteiger partial charge on any atom is 0.367 e. The van der Waals surface area contributed by atoms with E-state index in [1.165, 1.54) is 35.2 Å². The lowest BCUT2D eigenvalue weighted by Gasteiger charge is -2.27. The topological polar surface area (TPSA) is 26.3 Å². The van der Waals surface area contributed by atoms with Crippen LogP contribution in [0.3, 0.4) is 0 Å². The summed E-state index contributed by atoms with van der Waals surface area (Å²) in [5.74, 6) is 0. The molecule has 3 aromatic carbocycles. The molecule has 6 heteroatoms. The summed E-state index contributed by atoms with van der Waals surface area (Å²) in [7, 11) is -5.97. The van der Waals surface area contributed by atoms with Crippen LogP contribution in [0.25, 0.3) is 0 Å². The van der Waals surface area contributed by atoms with Crippen LogP contribution < -0.4 is 20.6 Å². The predicted molar refractivity (Wildman–Crippen MR) is 152 cm³/mol. The Morgan fingerprint density at radius 3 is 1.58 bits per heavy atom. The molecule has 0 radical (unpaired) electrons. The zero-order valence-electron chi connectivity index (χ0n) is 21.4. The Hall–Kier alpha value is -1.86. The van der Waals surface area contributed by atoms with Gasteiger partial charge in [-0.05, 0) is 55.7 Å². The highest BCUT2D eigenvalue weighted by atomic mass is 31.2. The van der Waals surface area contributed by atoms with Crippen molar-refractivity contribution >= 4 is 30.9 Å². The van der Waals surface area contributed by atoms with Gasteiger partial charge in [0.1, 0.15) is 23.2 Å². The zero-order chi connectivity index (χ0) is 24.8. The van der Waals surface area contributed by atoms with Crippen LogP contribution >= 0.6 is 14.9 Å². The first-order valence-electron chi connectivity index (χ1n) is 13.1. The molecule has 0 bridgehead atoms. The van der Waals surface area contributed by atoms with E-state index in [1.807, 2.05) is 0 Å². The molecule has 0 aromatic heterocycles. The average Bonchev–Trinajstić information content (AvgIpc) is 2.90. The van der Waals surface area contributed by atoms with Crippen molar-refractivity contribution in [1.82, 2.24) is 0 Å². The van der Waals surface area contributed by atoms with E-state index >= 15 is 0 Å². The van der Waals surface area contributed by atoms with Crippen molar-refractivity contribution in [2.45, 2.75) is 58.3 Å². The minimum Gasteiger partial charge on any atom is -1.00 e. The fraction of sp³-hybridized carbons (Fsp3) is 0.400. The second-order valence-corrected chi connectivity index (χ2v) is 14.7. The summed E-state index contributed by atoms with van der Waals surface area (Å²) in [6.45, 7) is 2.45. The van der Waals surface area contributed by atoms with Crippen LogP contribution in [0.15, 0.2) is 91.0 Å². The molecule has 1 unspecified atom stereocenters. The van der Waals surface area contributed by atoms with Crippen LogP contribution in [-0.2, 0) is 9.09 Å². The van der Waals surface area contributed by atoms with Crippen LogP contribution in [0.2, 0.25) is 0 Å². The van der Waals surface area contributed by atoms with Gasteiger partial charge in [-0.25, -0.2) is 0 Å². The highest BCUT2D eigenvalue weighted by Gasteiger charge is 2.44. The maximum absolute atomic E-state index is 14.7. The molecule has 0 saturated carbocycles. The number of hydrogen-bond acceptors (Lipinski definition) is 2. The van der Waals surface area contributed by atoms with Crippen LogP contribution in [0.4, 0.5) is 4.20 Å². The van der Waals surface area contributed by atoms with Crippen molar-refractivity contribution in [3.8, 4) is 0 Å². The van der Waals surface area contributed by atoms with Gasteiger partial charge in [0, 0.05) is 0 Å². The predicted octanol–water partition coefficient (Wildman–Crippen LogP) is 5.30. The van der Waals surface area contributed by atoms with E-state index in [9.17, 15) is 8.76 Å². The van der Waals surface area contributed by atoms with Crippen LogP contribution in [0.5, 0.6) is 0 Å². The van der Waals surface area contributed by atoms with Crippen LogP contribution in [-0.4, -0.2) is 18.9 Å².